The third-order valence-corrected chi connectivity index (χ3v) is 9.65. The van der Waals surface area contributed by atoms with E-state index in [1.54, 1.807) is 35.2 Å². The lowest BCUT2D eigenvalue weighted by Gasteiger charge is -2.29. The maximum Gasteiger partial charge on any atom is 0.410 e. The van der Waals surface area contributed by atoms with Gasteiger partial charge in [-0.1, -0.05) is 12.1 Å². The number of hydrogen-bond donors (Lipinski definition) is 3. The fourth-order valence-corrected chi connectivity index (χ4v) is 7.17. The van der Waals surface area contributed by atoms with Gasteiger partial charge >= 0.3 is 6.09 Å². The number of amides is 2. The number of benzene rings is 2. The van der Waals surface area contributed by atoms with Crippen LogP contribution in [0, 0.1) is 11.7 Å². The number of hydrogen-bond acceptors (Lipinski definition) is 6. The smallest absolute Gasteiger partial charge is 0.410 e. The molecule has 43 heavy (non-hydrogen) atoms. The van der Waals surface area contributed by atoms with E-state index in [-0.39, 0.29) is 40.7 Å². The van der Waals surface area contributed by atoms with Gasteiger partial charge in [-0.15, -0.1) is 0 Å². The molecule has 2 aromatic carbocycles. The number of H-pyrrole nitrogens is 1. The van der Waals surface area contributed by atoms with Gasteiger partial charge in [-0.05, 0) is 102 Å². The van der Waals surface area contributed by atoms with E-state index in [1.807, 2.05) is 27.7 Å². The van der Waals surface area contributed by atoms with Gasteiger partial charge in [0.05, 0.1) is 28.0 Å². The second-order valence-corrected chi connectivity index (χ2v) is 14.3. The number of aromatic amines is 1. The van der Waals surface area contributed by atoms with Gasteiger partial charge in [0.2, 0.25) is 15.9 Å². The van der Waals surface area contributed by atoms with E-state index in [0.29, 0.717) is 49.1 Å². The molecule has 3 N–H and O–H groups in total. The van der Waals surface area contributed by atoms with Crippen LogP contribution in [0.4, 0.5) is 9.18 Å². The van der Waals surface area contributed by atoms with E-state index in [0.717, 1.165) is 18.4 Å². The quantitative estimate of drug-likeness (QED) is 0.323. The molecule has 0 spiro atoms. The van der Waals surface area contributed by atoms with E-state index in [4.69, 9.17) is 4.74 Å². The number of halogens is 1. The molecule has 5 rings (SSSR count). The number of imidazole rings is 1. The van der Waals surface area contributed by atoms with E-state index in [1.165, 1.54) is 12.1 Å². The SMILES string of the molecule is C[C@@H](NC(=O)C1CCC(NS(=O)(=O)c2ccc3[nH]c(C4CCCN4C(=O)OC(C)(C)C)nc3c2)CC1)c1ccc(F)cc1. The number of likely N-dealkylation sites (tertiary alicyclic amines) is 1. The first kappa shape index (κ1) is 30.9. The molecule has 1 saturated heterocycles. The first-order chi connectivity index (χ1) is 20.3. The van der Waals surface area contributed by atoms with Crippen molar-refractivity contribution < 1.29 is 27.1 Å². The van der Waals surface area contributed by atoms with Crippen LogP contribution in [-0.2, 0) is 19.6 Å². The van der Waals surface area contributed by atoms with Gasteiger partial charge in [0.15, 0.2) is 0 Å². The minimum absolute atomic E-state index is 0.0783. The number of carbonyl (C=O) groups is 2. The summed E-state index contributed by atoms with van der Waals surface area (Å²) in [6, 6.07) is 10.0. The Bertz CT molecular complexity index is 1580. The van der Waals surface area contributed by atoms with Gasteiger partial charge in [-0.2, -0.15) is 0 Å². The van der Waals surface area contributed by atoms with Gasteiger partial charge in [-0.3, -0.25) is 9.69 Å². The molecule has 2 heterocycles. The first-order valence-electron chi connectivity index (χ1n) is 14.9. The number of rotatable bonds is 7. The summed E-state index contributed by atoms with van der Waals surface area (Å²) in [4.78, 5) is 35.3. The van der Waals surface area contributed by atoms with Crippen molar-refractivity contribution in [1.29, 1.82) is 0 Å². The van der Waals surface area contributed by atoms with Crippen LogP contribution in [0.15, 0.2) is 47.4 Å². The van der Waals surface area contributed by atoms with Crippen LogP contribution in [-0.4, -0.2) is 53.5 Å². The standard InChI is InChI=1S/C31H40FN5O5S/c1-19(20-7-11-22(32)12-8-20)33-29(38)21-9-13-23(14-10-21)36-43(40,41)24-15-16-25-26(18-24)35-28(34-25)27-6-5-17-37(27)30(39)42-31(2,3)4/h7-8,11-12,15-16,18-19,21,23,27,36H,5-6,9-10,13-14,17H2,1-4H3,(H,33,38)(H,34,35)/t19-,21?,23?,27?/m1/s1. The maximum absolute atomic E-state index is 13.3. The molecule has 232 valence electrons. The highest BCUT2D eigenvalue weighted by Gasteiger charge is 2.35. The molecule has 1 aromatic heterocycles. The highest BCUT2D eigenvalue weighted by molar-refractivity contribution is 7.89. The van der Waals surface area contributed by atoms with E-state index in [9.17, 15) is 22.4 Å². The number of nitrogens with zero attached hydrogens (tertiary/aromatic N) is 2. The molecule has 1 aliphatic heterocycles. The summed E-state index contributed by atoms with van der Waals surface area (Å²) in [5.41, 5.74) is 1.40. The van der Waals surface area contributed by atoms with Gasteiger partial charge in [0, 0.05) is 18.5 Å². The summed E-state index contributed by atoms with van der Waals surface area (Å²) in [5, 5.41) is 2.99. The lowest BCUT2D eigenvalue weighted by molar-refractivity contribution is -0.126. The Balaban J connectivity index is 1.19. The lowest BCUT2D eigenvalue weighted by atomic mass is 9.85. The molecule has 2 aliphatic rings. The molecular weight excluding hydrogens is 573 g/mol. The molecule has 3 aromatic rings. The zero-order chi connectivity index (χ0) is 30.9. The van der Waals surface area contributed by atoms with Crippen molar-refractivity contribution in [2.75, 3.05) is 6.54 Å². The summed E-state index contributed by atoms with van der Waals surface area (Å²) in [6.45, 7) is 7.91. The molecule has 1 unspecified atom stereocenters. The van der Waals surface area contributed by atoms with Crippen LogP contribution in [0.3, 0.4) is 0 Å². The molecule has 0 radical (unpaired) electrons. The topological polar surface area (TPSA) is 133 Å². The van der Waals surface area contributed by atoms with E-state index in [2.05, 4.69) is 20.0 Å². The third-order valence-electron chi connectivity index (χ3n) is 8.13. The zero-order valence-electron chi connectivity index (χ0n) is 25.0. The van der Waals surface area contributed by atoms with Crippen molar-refractivity contribution in [1.82, 2.24) is 24.9 Å². The summed E-state index contributed by atoms with van der Waals surface area (Å²) >= 11 is 0. The summed E-state index contributed by atoms with van der Waals surface area (Å²) in [5.74, 6) is -0.0114. The third kappa shape index (κ3) is 7.35. The molecule has 0 bridgehead atoms. The molecule has 2 amide bonds. The molecule has 1 aliphatic carbocycles. The molecular formula is C31H40FN5O5S. The van der Waals surface area contributed by atoms with Crippen LogP contribution in [0.5, 0.6) is 0 Å². The number of carbonyl (C=O) groups excluding carboxylic acids is 2. The predicted octanol–water partition coefficient (Wildman–Crippen LogP) is 5.49. The lowest BCUT2D eigenvalue weighted by Crippen LogP contribution is -2.41. The van der Waals surface area contributed by atoms with Gasteiger partial charge in [0.25, 0.3) is 0 Å². The Morgan fingerprint density at radius 2 is 1.77 bits per heavy atom. The Kier molecular flexibility index (Phi) is 8.80. The number of fused-ring (bicyclic) bond motifs is 1. The Morgan fingerprint density at radius 1 is 1.07 bits per heavy atom. The van der Waals surface area contributed by atoms with Crippen molar-refractivity contribution in [2.24, 2.45) is 5.92 Å². The Labute approximate surface area is 251 Å². The molecule has 2 fully saturated rings. The summed E-state index contributed by atoms with van der Waals surface area (Å²) in [7, 11) is -3.82. The first-order valence-corrected chi connectivity index (χ1v) is 16.3. The normalized spacial score (nSPS) is 22.0. The van der Waals surface area contributed by atoms with Crippen molar-refractivity contribution in [3.8, 4) is 0 Å². The fraction of sp³-hybridized carbons (Fsp3) is 0.516. The van der Waals surface area contributed by atoms with Crippen LogP contribution >= 0.6 is 0 Å². The number of nitrogens with one attached hydrogen (secondary N) is 3. The van der Waals surface area contributed by atoms with Gasteiger partial charge in [0.1, 0.15) is 17.2 Å². The average molecular weight is 614 g/mol. The van der Waals surface area contributed by atoms with Crippen LogP contribution in [0.2, 0.25) is 0 Å². The molecule has 12 heteroatoms. The predicted molar refractivity (Wildman–Crippen MR) is 160 cm³/mol. The van der Waals surface area contributed by atoms with Crippen molar-refractivity contribution in [2.45, 2.75) is 94.8 Å². The second kappa shape index (κ2) is 12.2. The van der Waals surface area contributed by atoms with Gasteiger partial charge in [-0.25, -0.2) is 27.3 Å². The van der Waals surface area contributed by atoms with Crippen molar-refractivity contribution in [3.63, 3.8) is 0 Å². The van der Waals surface area contributed by atoms with E-state index < -0.39 is 21.7 Å². The molecule has 1 saturated carbocycles. The second-order valence-electron chi connectivity index (χ2n) is 12.6. The number of aromatic nitrogens is 2. The maximum atomic E-state index is 13.3. The number of sulfonamides is 1. The minimum atomic E-state index is -3.82. The average Bonchev–Trinajstić information content (AvgIpc) is 3.59. The highest BCUT2D eigenvalue weighted by atomic mass is 32.2. The minimum Gasteiger partial charge on any atom is -0.444 e. The largest absolute Gasteiger partial charge is 0.444 e. The molecule has 10 nitrogen and oxygen atoms in total. The summed E-state index contributed by atoms with van der Waals surface area (Å²) in [6.07, 6.45) is 3.37. The summed E-state index contributed by atoms with van der Waals surface area (Å²) < 4.78 is 48.2. The monoisotopic (exact) mass is 613 g/mol. The van der Waals surface area contributed by atoms with Crippen LogP contribution < -0.4 is 10.0 Å². The van der Waals surface area contributed by atoms with E-state index >= 15 is 0 Å². The highest BCUT2D eigenvalue weighted by Crippen LogP contribution is 2.33. The van der Waals surface area contributed by atoms with Crippen molar-refractivity contribution >= 4 is 33.1 Å². The van der Waals surface area contributed by atoms with Crippen LogP contribution in [0.1, 0.15) is 89.7 Å². The van der Waals surface area contributed by atoms with Crippen molar-refractivity contribution in [3.05, 3.63) is 59.7 Å². The Hall–Kier alpha value is -3.51. The van der Waals surface area contributed by atoms with Crippen LogP contribution in [0.25, 0.3) is 11.0 Å². The molecule has 2 atom stereocenters. The number of ether oxygens (including phenoxy) is 1. The fourth-order valence-electron chi connectivity index (χ4n) is 5.85. The van der Waals surface area contributed by atoms with Gasteiger partial charge < -0.3 is 15.0 Å². The zero-order valence-corrected chi connectivity index (χ0v) is 25.8. The Morgan fingerprint density at radius 3 is 2.44 bits per heavy atom.